The molecule has 3 rings (SSSR count). The number of carboxylic acids is 1. The number of carbonyl (C=O) groups excluding carboxylic acids is 2. The minimum absolute atomic E-state index is 0.0204. The highest BCUT2D eigenvalue weighted by atomic mass is 19.1. The summed E-state index contributed by atoms with van der Waals surface area (Å²) in [5.41, 5.74) is 1.93. The van der Waals surface area contributed by atoms with E-state index in [-0.39, 0.29) is 18.4 Å². The van der Waals surface area contributed by atoms with Gasteiger partial charge in [0.25, 0.3) is 0 Å². The van der Waals surface area contributed by atoms with Crippen molar-refractivity contribution < 1.29 is 28.6 Å². The van der Waals surface area contributed by atoms with Crippen molar-refractivity contribution in [1.82, 2.24) is 10.6 Å². The topological polar surface area (TPSA) is 105 Å². The van der Waals surface area contributed by atoms with Gasteiger partial charge in [0, 0.05) is 19.8 Å². The van der Waals surface area contributed by atoms with E-state index in [1.165, 1.54) is 25.1 Å². The van der Waals surface area contributed by atoms with Gasteiger partial charge in [-0.3, -0.25) is 9.59 Å². The first-order chi connectivity index (χ1) is 16.8. The fourth-order valence-corrected chi connectivity index (χ4v) is 3.51. The Kier molecular flexibility index (Phi) is 8.95. The average Bonchev–Trinajstić information content (AvgIpc) is 2.84. The zero-order valence-corrected chi connectivity index (χ0v) is 19.2. The summed E-state index contributed by atoms with van der Waals surface area (Å²) in [6.45, 7) is 1.64. The van der Waals surface area contributed by atoms with E-state index in [2.05, 4.69) is 10.6 Å². The van der Waals surface area contributed by atoms with Crippen LogP contribution < -0.4 is 15.4 Å². The number of benzene rings is 3. The molecule has 0 saturated heterocycles. The molecule has 182 valence electrons. The number of nitrogens with one attached hydrogen (secondary N) is 2. The maximum absolute atomic E-state index is 14.1. The number of rotatable bonds is 11. The van der Waals surface area contributed by atoms with Gasteiger partial charge in [0.2, 0.25) is 11.8 Å². The Hall–Kier alpha value is -4.20. The number of carbonyl (C=O) groups is 3. The number of ether oxygens (including phenoxy) is 1. The van der Waals surface area contributed by atoms with E-state index in [4.69, 9.17) is 4.74 Å². The molecule has 0 aliphatic heterocycles. The molecule has 0 spiro atoms. The Morgan fingerprint density at radius 2 is 1.49 bits per heavy atom. The number of halogens is 1. The maximum Gasteiger partial charge on any atom is 0.326 e. The van der Waals surface area contributed by atoms with Gasteiger partial charge in [-0.05, 0) is 34.9 Å². The van der Waals surface area contributed by atoms with Gasteiger partial charge < -0.3 is 20.5 Å². The van der Waals surface area contributed by atoms with Crippen molar-refractivity contribution in [3.05, 3.63) is 101 Å². The van der Waals surface area contributed by atoms with E-state index in [0.29, 0.717) is 17.9 Å². The van der Waals surface area contributed by atoms with Gasteiger partial charge >= 0.3 is 5.97 Å². The van der Waals surface area contributed by atoms with Crippen molar-refractivity contribution in [3.8, 4) is 5.75 Å². The number of hydrogen-bond donors (Lipinski definition) is 3. The number of hydrogen-bond acceptors (Lipinski definition) is 4. The molecule has 7 nitrogen and oxygen atoms in total. The molecule has 2 amide bonds. The summed E-state index contributed by atoms with van der Waals surface area (Å²) in [5.74, 6) is -2.31. The normalized spacial score (nSPS) is 12.3. The second kappa shape index (κ2) is 12.3. The molecule has 0 aliphatic rings. The summed E-state index contributed by atoms with van der Waals surface area (Å²) in [7, 11) is 0. The molecular weight excluding hydrogens is 451 g/mol. The molecule has 0 aliphatic carbocycles. The molecule has 8 heteroatoms. The van der Waals surface area contributed by atoms with Crippen molar-refractivity contribution >= 4 is 17.8 Å². The molecule has 2 atom stereocenters. The summed E-state index contributed by atoms with van der Waals surface area (Å²) in [6, 6.07) is 20.1. The van der Waals surface area contributed by atoms with Crippen LogP contribution in [0.3, 0.4) is 0 Å². The Balaban J connectivity index is 1.63. The predicted octanol–water partition coefficient (Wildman–Crippen LogP) is 3.26. The van der Waals surface area contributed by atoms with Crippen LogP contribution in [-0.4, -0.2) is 35.0 Å². The highest BCUT2D eigenvalue weighted by molar-refractivity contribution is 5.90. The summed E-state index contributed by atoms with van der Waals surface area (Å²) >= 11 is 0. The first-order valence-corrected chi connectivity index (χ1v) is 11.1. The Morgan fingerprint density at radius 3 is 2.11 bits per heavy atom. The van der Waals surface area contributed by atoms with Gasteiger partial charge in [-0.1, -0.05) is 60.7 Å². The van der Waals surface area contributed by atoms with Crippen LogP contribution >= 0.6 is 0 Å². The van der Waals surface area contributed by atoms with Crippen molar-refractivity contribution in [2.75, 3.05) is 0 Å². The van der Waals surface area contributed by atoms with Gasteiger partial charge in [-0.2, -0.15) is 0 Å². The van der Waals surface area contributed by atoms with Crippen LogP contribution in [0.2, 0.25) is 0 Å². The van der Waals surface area contributed by atoms with Crippen molar-refractivity contribution in [2.45, 2.75) is 38.5 Å². The molecular formula is C27H27FN2O5. The molecule has 0 aromatic heterocycles. The number of amides is 2. The Labute approximate surface area is 202 Å². The van der Waals surface area contributed by atoms with Crippen LogP contribution in [0.1, 0.15) is 23.6 Å². The number of carboxylic acid groups (broad SMARTS) is 1. The third-order valence-electron chi connectivity index (χ3n) is 5.30. The molecule has 35 heavy (non-hydrogen) atoms. The lowest BCUT2D eigenvalue weighted by Crippen LogP contribution is -2.52. The van der Waals surface area contributed by atoms with E-state index < -0.39 is 35.7 Å². The van der Waals surface area contributed by atoms with Gasteiger partial charge in [-0.25, -0.2) is 9.18 Å². The third-order valence-corrected chi connectivity index (χ3v) is 5.30. The minimum Gasteiger partial charge on any atom is -0.489 e. The van der Waals surface area contributed by atoms with Gasteiger partial charge in [0.15, 0.2) is 0 Å². The zero-order valence-electron chi connectivity index (χ0n) is 19.2. The van der Waals surface area contributed by atoms with E-state index in [0.717, 1.165) is 5.56 Å². The smallest absolute Gasteiger partial charge is 0.326 e. The molecule has 0 radical (unpaired) electrons. The van der Waals surface area contributed by atoms with Crippen LogP contribution in [0.4, 0.5) is 4.39 Å². The Bertz CT molecular complexity index is 1150. The van der Waals surface area contributed by atoms with Crippen molar-refractivity contribution in [3.63, 3.8) is 0 Å². The average molecular weight is 479 g/mol. The van der Waals surface area contributed by atoms with Gasteiger partial charge in [0.1, 0.15) is 30.3 Å². The Morgan fingerprint density at radius 1 is 0.829 bits per heavy atom. The molecule has 0 bridgehead atoms. The first kappa shape index (κ1) is 25.4. The SMILES string of the molecule is CC(=O)N[C@@H](Cc1ccccc1F)C(=O)N[C@@H](Cc1ccc(OCc2ccccc2)cc1)C(=O)O. The highest BCUT2D eigenvalue weighted by Gasteiger charge is 2.27. The van der Waals surface area contributed by atoms with E-state index in [1.54, 1.807) is 30.3 Å². The lowest BCUT2D eigenvalue weighted by Gasteiger charge is -2.21. The quantitative estimate of drug-likeness (QED) is 0.392. The summed E-state index contributed by atoms with van der Waals surface area (Å²) in [5, 5.41) is 14.6. The van der Waals surface area contributed by atoms with E-state index >= 15 is 0 Å². The monoisotopic (exact) mass is 478 g/mol. The lowest BCUT2D eigenvalue weighted by molar-refractivity contribution is -0.142. The van der Waals surface area contributed by atoms with Gasteiger partial charge in [-0.15, -0.1) is 0 Å². The molecule has 0 heterocycles. The fourth-order valence-electron chi connectivity index (χ4n) is 3.51. The molecule has 0 saturated carbocycles. The van der Waals surface area contributed by atoms with Crippen LogP contribution in [0, 0.1) is 5.82 Å². The maximum atomic E-state index is 14.1. The standard InChI is InChI=1S/C27H27FN2O5/c1-18(31)29-24(16-21-9-5-6-10-23(21)28)26(32)30-25(27(33)34)15-19-11-13-22(14-12-19)35-17-20-7-3-2-4-8-20/h2-14,24-25H,15-17H2,1H3,(H,29,31)(H,30,32)(H,33,34)/t24-,25-/m0/s1. The fraction of sp³-hybridized carbons (Fsp3) is 0.222. The molecule has 0 fully saturated rings. The minimum atomic E-state index is -1.24. The summed E-state index contributed by atoms with van der Waals surface area (Å²) < 4.78 is 19.8. The second-order valence-corrected chi connectivity index (χ2v) is 8.07. The van der Waals surface area contributed by atoms with Crippen molar-refractivity contribution in [2.24, 2.45) is 0 Å². The predicted molar refractivity (Wildman–Crippen MR) is 128 cm³/mol. The molecule has 3 aromatic rings. The van der Waals surface area contributed by atoms with Crippen molar-refractivity contribution in [1.29, 1.82) is 0 Å². The van der Waals surface area contributed by atoms with Crippen LogP contribution in [0.15, 0.2) is 78.9 Å². The molecule has 3 aromatic carbocycles. The third kappa shape index (κ3) is 7.96. The lowest BCUT2D eigenvalue weighted by atomic mass is 10.0. The van der Waals surface area contributed by atoms with Crippen LogP contribution in [-0.2, 0) is 33.8 Å². The summed E-state index contributed by atoms with van der Waals surface area (Å²) in [6.07, 6.45) is -0.0929. The molecule has 3 N–H and O–H groups in total. The molecule has 0 unspecified atom stereocenters. The summed E-state index contributed by atoms with van der Waals surface area (Å²) in [4.78, 5) is 36.3. The van der Waals surface area contributed by atoms with E-state index in [1.807, 2.05) is 30.3 Å². The first-order valence-electron chi connectivity index (χ1n) is 11.1. The second-order valence-electron chi connectivity index (χ2n) is 8.07. The van der Waals surface area contributed by atoms with E-state index in [9.17, 15) is 23.9 Å². The van der Waals surface area contributed by atoms with Crippen LogP contribution in [0.25, 0.3) is 0 Å². The number of aliphatic carboxylic acids is 1. The van der Waals surface area contributed by atoms with Crippen LogP contribution in [0.5, 0.6) is 5.75 Å². The van der Waals surface area contributed by atoms with Gasteiger partial charge in [0.05, 0.1) is 0 Å². The zero-order chi connectivity index (χ0) is 25.2. The largest absolute Gasteiger partial charge is 0.489 e. The highest BCUT2D eigenvalue weighted by Crippen LogP contribution is 2.16.